The monoisotopic (exact) mass is 304 g/mol. The number of rotatable bonds is 3. The van der Waals surface area contributed by atoms with Gasteiger partial charge in [-0.1, -0.05) is 18.2 Å². The van der Waals surface area contributed by atoms with Crippen LogP contribution in [0.1, 0.15) is 27.2 Å². The number of pyridine rings is 1. The molecule has 0 spiro atoms. The Labute approximate surface area is 124 Å². The van der Waals surface area contributed by atoms with Crippen molar-refractivity contribution in [2.75, 3.05) is 0 Å². The first kappa shape index (κ1) is 14.3. The number of nitrogens with zero attached hydrogens (tertiary/aromatic N) is 2. The van der Waals surface area contributed by atoms with Crippen LogP contribution in [0.5, 0.6) is 0 Å². The Bertz CT molecular complexity index is 837. The molecule has 0 aliphatic heterocycles. The molecule has 0 amide bonds. The number of benzene rings is 1. The van der Waals surface area contributed by atoms with E-state index >= 15 is 0 Å². The maximum atomic E-state index is 12.7. The first-order valence-corrected chi connectivity index (χ1v) is 6.55. The van der Waals surface area contributed by atoms with Crippen molar-refractivity contribution in [3.63, 3.8) is 0 Å². The van der Waals surface area contributed by atoms with E-state index in [2.05, 4.69) is 4.98 Å². The van der Waals surface area contributed by atoms with Crippen molar-refractivity contribution < 1.29 is 18.0 Å². The molecule has 0 fully saturated rings. The largest absolute Gasteiger partial charge is 0.416 e. The van der Waals surface area contributed by atoms with Crippen LogP contribution >= 0.6 is 0 Å². The maximum Gasteiger partial charge on any atom is 0.416 e. The minimum Gasteiger partial charge on any atom is -0.306 e. The molecule has 3 nitrogen and oxygen atoms in total. The van der Waals surface area contributed by atoms with E-state index in [1.807, 2.05) is 0 Å². The second-order valence-corrected chi connectivity index (χ2v) is 4.92. The number of aromatic nitrogens is 2. The van der Waals surface area contributed by atoms with E-state index in [0.717, 1.165) is 12.1 Å². The molecule has 0 bridgehead atoms. The van der Waals surface area contributed by atoms with E-state index in [-0.39, 0.29) is 6.42 Å². The summed E-state index contributed by atoms with van der Waals surface area (Å²) in [6.07, 6.45) is 0.0630. The normalized spacial score (nSPS) is 11.8. The van der Waals surface area contributed by atoms with Gasteiger partial charge < -0.3 is 4.40 Å². The van der Waals surface area contributed by atoms with Crippen LogP contribution in [0.15, 0.2) is 48.8 Å². The van der Waals surface area contributed by atoms with Gasteiger partial charge in [-0.2, -0.15) is 13.2 Å². The van der Waals surface area contributed by atoms with Gasteiger partial charge in [0, 0.05) is 18.8 Å². The number of carbonyl (C=O) groups excluding carboxylic acids is 1. The first-order valence-electron chi connectivity index (χ1n) is 6.55. The van der Waals surface area contributed by atoms with E-state index in [1.165, 1.54) is 6.07 Å². The average molecular weight is 304 g/mol. The van der Waals surface area contributed by atoms with E-state index < -0.39 is 11.7 Å². The van der Waals surface area contributed by atoms with E-state index in [0.29, 0.717) is 28.8 Å². The highest BCUT2D eigenvalue weighted by Crippen LogP contribution is 2.30. The highest BCUT2D eigenvalue weighted by atomic mass is 19.4. The highest BCUT2D eigenvalue weighted by Gasteiger charge is 2.30. The van der Waals surface area contributed by atoms with Crippen molar-refractivity contribution in [1.29, 1.82) is 0 Å². The van der Waals surface area contributed by atoms with Gasteiger partial charge in [-0.25, -0.2) is 4.98 Å². The molecule has 0 radical (unpaired) electrons. The molecule has 22 heavy (non-hydrogen) atoms. The van der Waals surface area contributed by atoms with Crippen LogP contribution < -0.4 is 0 Å². The van der Waals surface area contributed by atoms with Crippen LogP contribution in [-0.2, 0) is 12.6 Å². The van der Waals surface area contributed by atoms with Crippen molar-refractivity contribution in [2.45, 2.75) is 12.6 Å². The zero-order valence-corrected chi connectivity index (χ0v) is 11.3. The van der Waals surface area contributed by atoms with Gasteiger partial charge in [0.25, 0.3) is 0 Å². The quantitative estimate of drug-likeness (QED) is 0.691. The van der Waals surface area contributed by atoms with Crippen LogP contribution in [0.2, 0.25) is 0 Å². The number of alkyl halides is 3. The van der Waals surface area contributed by atoms with Crippen LogP contribution in [-0.4, -0.2) is 15.7 Å². The van der Waals surface area contributed by atoms with Gasteiger partial charge in [0.2, 0.25) is 0 Å². The predicted octanol–water partition coefficient (Wildman–Crippen LogP) is 3.76. The third-order valence-electron chi connectivity index (χ3n) is 3.33. The molecule has 0 saturated carbocycles. The molecule has 0 saturated heterocycles. The number of fused-ring (bicyclic) bond motifs is 1. The Hall–Kier alpha value is -2.63. The van der Waals surface area contributed by atoms with Crippen LogP contribution in [0, 0.1) is 0 Å². The Morgan fingerprint density at radius 2 is 2.00 bits per heavy atom. The van der Waals surface area contributed by atoms with Gasteiger partial charge in [0.05, 0.1) is 16.8 Å². The molecule has 0 unspecified atom stereocenters. The molecule has 0 N–H and O–H groups in total. The smallest absolute Gasteiger partial charge is 0.306 e. The van der Waals surface area contributed by atoms with Gasteiger partial charge >= 0.3 is 6.18 Å². The summed E-state index contributed by atoms with van der Waals surface area (Å²) >= 11 is 0. The van der Waals surface area contributed by atoms with Crippen LogP contribution in [0.4, 0.5) is 13.2 Å². The van der Waals surface area contributed by atoms with Crippen LogP contribution in [0.25, 0.3) is 5.65 Å². The second kappa shape index (κ2) is 5.29. The highest BCUT2D eigenvalue weighted by molar-refractivity contribution is 5.84. The lowest BCUT2D eigenvalue weighted by Gasteiger charge is -2.07. The summed E-state index contributed by atoms with van der Waals surface area (Å²) in [4.78, 5) is 15.3. The summed E-state index contributed by atoms with van der Waals surface area (Å²) in [7, 11) is 0. The fraction of sp³-hybridized carbons (Fsp3) is 0.125. The molecule has 0 atom stereocenters. The molecule has 0 aliphatic carbocycles. The van der Waals surface area contributed by atoms with Crippen molar-refractivity contribution in [2.24, 2.45) is 0 Å². The lowest BCUT2D eigenvalue weighted by Crippen LogP contribution is -2.05. The fourth-order valence-corrected chi connectivity index (χ4v) is 2.33. The Morgan fingerprint density at radius 1 is 1.18 bits per heavy atom. The Kier molecular flexibility index (Phi) is 3.44. The number of imidazole rings is 1. The zero-order valence-electron chi connectivity index (χ0n) is 11.3. The lowest BCUT2D eigenvalue weighted by atomic mass is 10.1. The fourth-order valence-electron chi connectivity index (χ4n) is 2.33. The van der Waals surface area contributed by atoms with E-state index in [1.54, 1.807) is 35.0 Å². The predicted molar refractivity (Wildman–Crippen MR) is 74.8 cm³/mol. The van der Waals surface area contributed by atoms with Crippen molar-refractivity contribution >= 4 is 11.9 Å². The summed E-state index contributed by atoms with van der Waals surface area (Å²) in [5, 5.41) is 0. The summed E-state index contributed by atoms with van der Waals surface area (Å²) in [6, 6.07) is 8.52. The number of hydrogen-bond donors (Lipinski definition) is 0. The Morgan fingerprint density at radius 3 is 2.73 bits per heavy atom. The first-order chi connectivity index (χ1) is 10.5. The molecule has 3 aromatic rings. The zero-order chi connectivity index (χ0) is 15.7. The molecule has 6 heteroatoms. The summed E-state index contributed by atoms with van der Waals surface area (Å²) < 4.78 is 39.8. The third-order valence-corrected chi connectivity index (χ3v) is 3.33. The molecular formula is C16H11F3N2O. The van der Waals surface area contributed by atoms with E-state index in [9.17, 15) is 18.0 Å². The summed E-state index contributed by atoms with van der Waals surface area (Å²) in [5.41, 5.74) is 1.39. The third kappa shape index (κ3) is 2.72. The number of carbonyl (C=O) groups is 1. The van der Waals surface area contributed by atoms with Gasteiger partial charge in [-0.15, -0.1) is 0 Å². The molecule has 3 rings (SSSR count). The van der Waals surface area contributed by atoms with Crippen molar-refractivity contribution in [1.82, 2.24) is 9.38 Å². The van der Waals surface area contributed by atoms with Crippen molar-refractivity contribution in [3.05, 3.63) is 71.2 Å². The Balaban J connectivity index is 1.95. The minimum absolute atomic E-state index is 0.268. The minimum atomic E-state index is -4.36. The van der Waals surface area contributed by atoms with E-state index in [4.69, 9.17) is 0 Å². The standard InChI is InChI=1S/C16H11F3N2O/c17-16(18,19)13-5-1-3-11(7-13)8-14-9-21-6-2-4-12(10-22)15(21)20-14/h1-7,9-10H,8H2. The molecule has 2 aromatic heterocycles. The molecule has 2 heterocycles. The molecular weight excluding hydrogens is 293 g/mol. The number of aldehydes is 1. The van der Waals surface area contributed by atoms with Gasteiger partial charge in [-0.3, -0.25) is 4.79 Å². The topological polar surface area (TPSA) is 34.4 Å². The lowest BCUT2D eigenvalue weighted by molar-refractivity contribution is -0.137. The molecule has 0 aliphatic rings. The van der Waals surface area contributed by atoms with Gasteiger partial charge in [-0.05, 0) is 23.8 Å². The SMILES string of the molecule is O=Cc1cccn2cc(Cc3cccc(C(F)(F)F)c3)nc12. The van der Waals surface area contributed by atoms with Gasteiger partial charge in [0.1, 0.15) is 5.65 Å². The molecule has 112 valence electrons. The average Bonchev–Trinajstić information content (AvgIpc) is 2.88. The summed E-state index contributed by atoms with van der Waals surface area (Å²) in [5.74, 6) is 0. The number of hydrogen-bond acceptors (Lipinski definition) is 2. The van der Waals surface area contributed by atoms with Crippen molar-refractivity contribution in [3.8, 4) is 0 Å². The van der Waals surface area contributed by atoms with Gasteiger partial charge in [0.15, 0.2) is 6.29 Å². The molecule has 1 aromatic carbocycles. The summed E-state index contributed by atoms with van der Waals surface area (Å²) in [6.45, 7) is 0. The second-order valence-electron chi connectivity index (χ2n) is 4.92. The number of halogens is 3. The maximum absolute atomic E-state index is 12.7. The van der Waals surface area contributed by atoms with Crippen LogP contribution in [0.3, 0.4) is 0 Å².